The summed E-state index contributed by atoms with van der Waals surface area (Å²) in [7, 11) is 0. The van der Waals surface area contributed by atoms with E-state index >= 15 is 0 Å². The van der Waals surface area contributed by atoms with Crippen LogP contribution in [0.15, 0.2) is 103 Å². The number of benzene rings is 4. The molecule has 0 aromatic heterocycles. The average molecular weight is 551 g/mol. The number of carbonyl (C=O) groups is 4. The minimum absolute atomic E-state index is 0.117. The highest BCUT2D eigenvalue weighted by molar-refractivity contribution is 6.00. The van der Waals surface area contributed by atoms with Crippen molar-refractivity contribution in [1.29, 1.82) is 0 Å². The van der Waals surface area contributed by atoms with E-state index in [2.05, 4.69) is 21.3 Å². The minimum Gasteiger partial charge on any atom is -0.481 e. The van der Waals surface area contributed by atoms with Crippen molar-refractivity contribution in [2.75, 3.05) is 16.0 Å². The molecule has 9 heteroatoms. The molecule has 9 nitrogen and oxygen atoms in total. The van der Waals surface area contributed by atoms with Crippen LogP contribution in [0.5, 0.6) is 0 Å². The summed E-state index contributed by atoms with van der Waals surface area (Å²) in [5.41, 5.74) is 4.59. The van der Waals surface area contributed by atoms with Crippen LogP contribution in [0.4, 0.5) is 21.9 Å². The highest BCUT2D eigenvalue weighted by Crippen LogP contribution is 2.21. The van der Waals surface area contributed by atoms with Gasteiger partial charge < -0.3 is 26.4 Å². The zero-order valence-electron chi connectivity index (χ0n) is 22.4. The van der Waals surface area contributed by atoms with Gasteiger partial charge in [0.05, 0.1) is 18.9 Å². The molecule has 5 N–H and O–H groups in total. The van der Waals surface area contributed by atoms with Crippen molar-refractivity contribution in [2.24, 2.45) is 0 Å². The number of nitrogens with one attached hydrogen (secondary N) is 4. The quantitative estimate of drug-likeness (QED) is 0.171. The zero-order valence-corrected chi connectivity index (χ0v) is 22.4. The Morgan fingerprint density at radius 1 is 0.707 bits per heavy atom. The van der Waals surface area contributed by atoms with Gasteiger partial charge in [0.15, 0.2) is 0 Å². The SMILES string of the molecule is Cc1ccccc1NC(=O)Nc1ccc(CC(=O)Nc2ccc(C(CC(=O)O)NC(=O)c3ccccc3)cc2)cc1. The number of hydrogen-bond acceptors (Lipinski definition) is 4. The van der Waals surface area contributed by atoms with Crippen molar-refractivity contribution in [2.45, 2.75) is 25.8 Å². The summed E-state index contributed by atoms with van der Waals surface area (Å²) in [5.74, 6) is -1.66. The number of anilines is 3. The van der Waals surface area contributed by atoms with Gasteiger partial charge in [0.2, 0.25) is 5.91 Å². The fraction of sp³-hybridized carbons (Fsp3) is 0.125. The molecule has 1 unspecified atom stereocenters. The first-order chi connectivity index (χ1) is 19.8. The van der Waals surface area contributed by atoms with Crippen molar-refractivity contribution in [3.63, 3.8) is 0 Å². The van der Waals surface area contributed by atoms with Gasteiger partial charge in [-0.15, -0.1) is 0 Å². The van der Waals surface area contributed by atoms with E-state index in [4.69, 9.17) is 0 Å². The maximum atomic E-state index is 12.6. The van der Waals surface area contributed by atoms with Crippen LogP contribution in [-0.4, -0.2) is 28.9 Å². The van der Waals surface area contributed by atoms with Crippen molar-refractivity contribution in [3.05, 3.63) is 125 Å². The van der Waals surface area contributed by atoms with E-state index in [9.17, 15) is 24.3 Å². The summed E-state index contributed by atoms with van der Waals surface area (Å²) < 4.78 is 0. The van der Waals surface area contributed by atoms with Gasteiger partial charge in [-0.25, -0.2) is 4.79 Å². The number of carboxylic acid groups (broad SMARTS) is 1. The third kappa shape index (κ3) is 8.52. The molecule has 0 fully saturated rings. The lowest BCUT2D eigenvalue weighted by atomic mass is 10.0. The highest BCUT2D eigenvalue weighted by Gasteiger charge is 2.19. The Morgan fingerprint density at radius 2 is 1.32 bits per heavy atom. The smallest absolute Gasteiger partial charge is 0.323 e. The van der Waals surface area contributed by atoms with Crippen molar-refractivity contribution >= 4 is 40.9 Å². The predicted molar refractivity (Wildman–Crippen MR) is 158 cm³/mol. The van der Waals surface area contributed by atoms with E-state index in [-0.39, 0.29) is 30.7 Å². The number of amides is 4. The van der Waals surface area contributed by atoms with E-state index in [1.807, 2.05) is 31.2 Å². The molecule has 0 spiro atoms. The third-order valence-electron chi connectivity index (χ3n) is 6.29. The molecule has 41 heavy (non-hydrogen) atoms. The fourth-order valence-corrected chi connectivity index (χ4v) is 4.15. The second kappa shape index (κ2) is 13.6. The molecule has 4 rings (SSSR count). The lowest BCUT2D eigenvalue weighted by molar-refractivity contribution is -0.137. The largest absolute Gasteiger partial charge is 0.481 e. The average Bonchev–Trinajstić information content (AvgIpc) is 2.95. The molecule has 0 bridgehead atoms. The van der Waals surface area contributed by atoms with Crippen LogP contribution >= 0.6 is 0 Å². The molecule has 4 aromatic rings. The molecular weight excluding hydrogens is 520 g/mol. The Bertz CT molecular complexity index is 1520. The number of hydrogen-bond donors (Lipinski definition) is 5. The number of aliphatic carboxylic acids is 1. The standard InChI is InChI=1S/C32H30N4O5/c1-21-7-5-6-10-27(21)36-32(41)34-26-15-11-22(12-16-26)19-29(37)33-25-17-13-23(14-18-25)28(20-30(38)39)35-31(40)24-8-3-2-4-9-24/h2-18,28H,19-20H2,1H3,(H,33,37)(H,35,40)(H,38,39)(H2,34,36,41). The van der Waals surface area contributed by atoms with Gasteiger partial charge in [0.25, 0.3) is 5.91 Å². The predicted octanol–water partition coefficient (Wildman–Crippen LogP) is 5.77. The number of para-hydroxylation sites is 1. The van der Waals surface area contributed by atoms with Crippen molar-refractivity contribution in [3.8, 4) is 0 Å². The van der Waals surface area contributed by atoms with Crippen LogP contribution in [0.2, 0.25) is 0 Å². The maximum absolute atomic E-state index is 12.6. The van der Waals surface area contributed by atoms with E-state index in [0.717, 1.165) is 16.8 Å². The Hall–Kier alpha value is -5.44. The van der Waals surface area contributed by atoms with E-state index in [1.54, 1.807) is 78.9 Å². The number of urea groups is 1. The molecule has 0 radical (unpaired) electrons. The second-order valence-corrected chi connectivity index (χ2v) is 9.43. The molecular formula is C32H30N4O5. The van der Waals surface area contributed by atoms with Gasteiger partial charge in [0, 0.05) is 22.6 Å². The Kier molecular flexibility index (Phi) is 9.45. The lowest BCUT2D eigenvalue weighted by Crippen LogP contribution is -2.30. The maximum Gasteiger partial charge on any atom is 0.323 e. The van der Waals surface area contributed by atoms with Gasteiger partial charge in [-0.2, -0.15) is 0 Å². The van der Waals surface area contributed by atoms with Gasteiger partial charge in [0.1, 0.15) is 0 Å². The number of carboxylic acids is 1. The Labute approximate surface area is 237 Å². The first-order valence-corrected chi connectivity index (χ1v) is 13.0. The number of carbonyl (C=O) groups excluding carboxylic acids is 3. The molecule has 0 saturated heterocycles. The van der Waals surface area contributed by atoms with Crippen LogP contribution in [-0.2, 0) is 16.0 Å². The first-order valence-electron chi connectivity index (χ1n) is 13.0. The van der Waals surface area contributed by atoms with Gasteiger partial charge >= 0.3 is 12.0 Å². The molecule has 0 aliphatic rings. The van der Waals surface area contributed by atoms with Crippen LogP contribution in [0, 0.1) is 6.92 Å². The normalized spacial score (nSPS) is 11.1. The molecule has 1 atom stereocenters. The molecule has 4 aromatic carbocycles. The van der Waals surface area contributed by atoms with E-state index in [0.29, 0.717) is 22.5 Å². The lowest BCUT2D eigenvalue weighted by Gasteiger charge is -2.18. The van der Waals surface area contributed by atoms with E-state index in [1.165, 1.54) is 0 Å². The van der Waals surface area contributed by atoms with Gasteiger partial charge in [-0.3, -0.25) is 14.4 Å². The summed E-state index contributed by atoms with van der Waals surface area (Å²) >= 11 is 0. The number of aryl methyl sites for hydroxylation is 1. The Morgan fingerprint density at radius 3 is 1.98 bits per heavy atom. The van der Waals surface area contributed by atoms with Crippen molar-refractivity contribution < 1.29 is 24.3 Å². The third-order valence-corrected chi connectivity index (χ3v) is 6.29. The topological polar surface area (TPSA) is 137 Å². The van der Waals surface area contributed by atoms with Gasteiger partial charge in [-0.05, 0) is 66.1 Å². The molecule has 0 heterocycles. The number of rotatable bonds is 10. The molecule has 0 aliphatic heterocycles. The summed E-state index contributed by atoms with van der Waals surface area (Å²) in [6, 6.07) is 28.6. The second-order valence-electron chi connectivity index (χ2n) is 9.43. The van der Waals surface area contributed by atoms with Crippen LogP contribution in [0.3, 0.4) is 0 Å². The van der Waals surface area contributed by atoms with Crippen LogP contribution in [0.25, 0.3) is 0 Å². The molecule has 4 amide bonds. The minimum atomic E-state index is -1.05. The van der Waals surface area contributed by atoms with Crippen LogP contribution in [0.1, 0.15) is 39.5 Å². The summed E-state index contributed by atoms with van der Waals surface area (Å²) in [6.45, 7) is 1.91. The molecule has 0 saturated carbocycles. The van der Waals surface area contributed by atoms with E-state index < -0.39 is 12.0 Å². The monoisotopic (exact) mass is 550 g/mol. The fourth-order valence-electron chi connectivity index (χ4n) is 4.15. The summed E-state index contributed by atoms with van der Waals surface area (Å²) in [6.07, 6.45) is -0.172. The van der Waals surface area contributed by atoms with Gasteiger partial charge in [-0.1, -0.05) is 60.7 Å². The zero-order chi connectivity index (χ0) is 29.2. The summed E-state index contributed by atoms with van der Waals surface area (Å²) in [4.78, 5) is 48.9. The molecule has 208 valence electrons. The van der Waals surface area contributed by atoms with Crippen LogP contribution < -0.4 is 21.3 Å². The molecule has 0 aliphatic carbocycles. The Balaban J connectivity index is 1.30. The van der Waals surface area contributed by atoms with Crippen molar-refractivity contribution in [1.82, 2.24) is 5.32 Å². The first kappa shape index (κ1) is 28.6. The highest BCUT2D eigenvalue weighted by atomic mass is 16.4. The summed E-state index contributed by atoms with van der Waals surface area (Å²) in [5, 5.41) is 20.5.